The topological polar surface area (TPSA) is 133 Å². The first kappa shape index (κ1) is 29.1. The number of nitrogens with one attached hydrogen (secondary N) is 1. The zero-order valence-electron chi connectivity index (χ0n) is 22.1. The van der Waals surface area contributed by atoms with E-state index in [-0.39, 0.29) is 46.8 Å². The normalized spacial score (nSPS) is 14.4. The van der Waals surface area contributed by atoms with E-state index in [2.05, 4.69) is 10.5 Å². The van der Waals surface area contributed by atoms with E-state index in [9.17, 15) is 29.0 Å². The van der Waals surface area contributed by atoms with E-state index in [1.165, 1.54) is 47.4 Å². The van der Waals surface area contributed by atoms with Gasteiger partial charge in [0.2, 0.25) is 11.8 Å². The summed E-state index contributed by atoms with van der Waals surface area (Å²) < 4.78 is 18.8. The molecule has 2 amide bonds. The van der Waals surface area contributed by atoms with Crippen molar-refractivity contribution >= 4 is 35.0 Å². The van der Waals surface area contributed by atoms with Crippen LogP contribution in [0, 0.1) is 12.7 Å². The molecule has 1 aromatic heterocycles. The number of anilines is 1. The summed E-state index contributed by atoms with van der Waals surface area (Å²) in [6.07, 6.45) is 4.75. The van der Waals surface area contributed by atoms with Gasteiger partial charge in [0.15, 0.2) is 11.5 Å². The standard InChI is InChI=1S/C29H32FN3O6S/c1-18-13-22(32-39-18)15-24(34)16-40-17-27(37)33(23-10-8-20(30)9-11-23)28(19-7-12-25(35)26(36)14-19)29(38)31-21-5-3-2-4-6-21/h7-14,21,28,35-36H,2-6,15-17H2,1H3,(H,31,38). The predicted molar refractivity (Wildman–Crippen MR) is 149 cm³/mol. The molecule has 9 nitrogen and oxygen atoms in total. The van der Waals surface area contributed by atoms with Gasteiger partial charge >= 0.3 is 0 Å². The molecule has 0 aliphatic heterocycles. The maximum Gasteiger partial charge on any atom is 0.248 e. The molecule has 1 heterocycles. The molecule has 0 spiro atoms. The lowest BCUT2D eigenvalue weighted by molar-refractivity contribution is -0.126. The first-order valence-corrected chi connectivity index (χ1v) is 14.3. The number of nitrogens with zero attached hydrogens (tertiary/aromatic N) is 2. The molecule has 1 saturated carbocycles. The van der Waals surface area contributed by atoms with E-state index in [0.717, 1.165) is 43.9 Å². The highest BCUT2D eigenvalue weighted by Gasteiger charge is 2.34. The average Bonchev–Trinajstić information content (AvgIpc) is 3.34. The summed E-state index contributed by atoms with van der Waals surface area (Å²) >= 11 is 1.09. The van der Waals surface area contributed by atoms with Gasteiger partial charge in [-0.2, -0.15) is 0 Å². The lowest BCUT2D eigenvalue weighted by atomic mass is 9.94. The molecule has 1 atom stereocenters. The Kier molecular flexibility index (Phi) is 9.81. The molecule has 3 aromatic rings. The fourth-order valence-corrected chi connectivity index (χ4v) is 5.52. The molecule has 4 rings (SSSR count). The number of aromatic hydroxyl groups is 2. The number of ketones is 1. The van der Waals surface area contributed by atoms with Crippen LogP contribution in [0.1, 0.15) is 55.2 Å². The number of amides is 2. The van der Waals surface area contributed by atoms with Gasteiger partial charge in [0, 0.05) is 17.8 Å². The summed E-state index contributed by atoms with van der Waals surface area (Å²) in [6, 6.07) is 9.51. The summed E-state index contributed by atoms with van der Waals surface area (Å²) in [5, 5.41) is 27.0. The number of phenols is 2. The van der Waals surface area contributed by atoms with Crippen LogP contribution in [-0.4, -0.2) is 50.5 Å². The molecule has 1 unspecified atom stereocenters. The van der Waals surface area contributed by atoms with Crippen molar-refractivity contribution < 1.29 is 33.5 Å². The van der Waals surface area contributed by atoms with Crippen LogP contribution in [0.4, 0.5) is 10.1 Å². The molecule has 0 radical (unpaired) electrons. The highest BCUT2D eigenvalue weighted by Crippen LogP contribution is 2.34. The third-order valence-corrected chi connectivity index (χ3v) is 7.67. The van der Waals surface area contributed by atoms with Crippen LogP contribution in [0.5, 0.6) is 11.5 Å². The lowest BCUT2D eigenvalue weighted by Crippen LogP contribution is -2.48. The van der Waals surface area contributed by atoms with Crippen LogP contribution in [0.15, 0.2) is 53.1 Å². The molecule has 212 valence electrons. The van der Waals surface area contributed by atoms with Gasteiger partial charge in [-0.05, 0) is 61.7 Å². The van der Waals surface area contributed by atoms with Crippen molar-refractivity contribution in [3.8, 4) is 11.5 Å². The molecular weight excluding hydrogens is 537 g/mol. The van der Waals surface area contributed by atoms with Crippen molar-refractivity contribution in [1.82, 2.24) is 10.5 Å². The van der Waals surface area contributed by atoms with Crippen molar-refractivity contribution in [1.29, 1.82) is 0 Å². The maximum absolute atomic E-state index is 13.8. The highest BCUT2D eigenvalue weighted by molar-refractivity contribution is 8.00. The number of Topliss-reactive ketones (excluding diaryl/α,β-unsaturated/α-hetero) is 1. The molecule has 2 aromatic carbocycles. The summed E-state index contributed by atoms with van der Waals surface area (Å²) in [4.78, 5) is 41.2. The molecule has 0 bridgehead atoms. The van der Waals surface area contributed by atoms with Gasteiger partial charge in [0.25, 0.3) is 0 Å². The predicted octanol–water partition coefficient (Wildman–Crippen LogP) is 4.60. The Bertz CT molecular complexity index is 1340. The van der Waals surface area contributed by atoms with Gasteiger partial charge in [-0.3, -0.25) is 19.3 Å². The van der Waals surface area contributed by atoms with Crippen LogP contribution in [0.25, 0.3) is 0 Å². The second-order valence-corrected chi connectivity index (χ2v) is 10.9. The van der Waals surface area contributed by atoms with E-state index < -0.39 is 29.4 Å². The number of aryl methyl sites for hydroxylation is 1. The Hall–Kier alpha value is -3.86. The van der Waals surface area contributed by atoms with Gasteiger partial charge in [0.05, 0.1) is 23.6 Å². The Balaban J connectivity index is 1.59. The van der Waals surface area contributed by atoms with Crippen molar-refractivity contribution in [3.63, 3.8) is 0 Å². The third-order valence-electron chi connectivity index (χ3n) is 6.69. The number of hydrogen-bond donors (Lipinski definition) is 3. The van der Waals surface area contributed by atoms with Crippen molar-refractivity contribution in [2.75, 3.05) is 16.4 Å². The lowest BCUT2D eigenvalue weighted by Gasteiger charge is -2.33. The fraction of sp³-hybridized carbons (Fsp3) is 0.379. The summed E-state index contributed by atoms with van der Waals surface area (Å²) in [7, 11) is 0. The minimum absolute atomic E-state index is 0.0356. The first-order valence-electron chi connectivity index (χ1n) is 13.1. The van der Waals surface area contributed by atoms with Gasteiger partial charge in [-0.15, -0.1) is 11.8 Å². The Morgan fingerprint density at radius 3 is 2.42 bits per heavy atom. The molecule has 1 fully saturated rings. The Morgan fingerprint density at radius 1 is 1.05 bits per heavy atom. The zero-order chi connectivity index (χ0) is 28.6. The van der Waals surface area contributed by atoms with Crippen molar-refractivity contribution in [3.05, 3.63) is 71.4 Å². The Labute approximate surface area is 235 Å². The molecule has 11 heteroatoms. The second kappa shape index (κ2) is 13.5. The largest absolute Gasteiger partial charge is 0.504 e. The van der Waals surface area contributed by atoms with Crippen molar-refractivity contribution in [2.45, 2.75) is 57.5 Å². The molecule has 40 heavy (non-hydrogen) atoms. The van der Waals surface area contributed by atoms with Crippen LogP contribution in [0.2, 0.25) is 0 Å². The van der Waals surface area contributed by atoms with E-state index in [1.54, 1.807) is 13.0 Å². The molecule has 3 N–H and O–H groups in total. The van der Waals surface area contributed by atoms with Gasteiger partial charge in [-0.1, -0.05) is 30.5 Å². The fourth-order valence-electron chi connectivity index (χ4n) is 4.77. The number of benzene rings is 2. The number of thioether (sulfide) groups is 1. The minimum Gasteiger partial charge on any atom is -0.504 e. The smallest absolute Gasteiger partial charge is 0.248 e. The third kappa shape index (κ3) is 7.62. The number of carbonyl (C=O) groups is 3. The monoisotopic (exact) mass is 569 g/mol. The van der Waals surface area contributed by atoms with E-state index in [4.69, 9.17) is 4.52 Å². The number of rotatable bonds is 11. The number of phenolic OH excluding ortho intramolecular Hbond substituents is 2. The van der Waals surface area contributed by atoms with Crippen LogP contribution < -0.4 is 10.2 Å². The Morgan fingerprint density at radius 2 is 1.77 bits per heavy atom. The van der Waals surface area contributed by atoms with Gasteiger partial charge in [-0.25, -0.2) is 4.39 Å². The van der Waals surface area contributed by atoms with Gasteiger partial charge in [0.1, 0.15) is 23.4 Å². The summed E-state index contributed by atoms with van der Waals surface area (Å²) in [5.74, 6) is -1.92. The molecule has 1 aliphatic carbocycles. The van der Waals surface area contributed by atoms with Crippen molar-refractivity contribution in [2.24, 2.45) is 0 Å². The second-order valence-electron chi connectivity index (χ2n) is 9.87. The van der Waals surface area contributed by atoms with Gasteiger partial charge < -0.3 is 20.1 Å². The molecule has 0 saturated heterocycles. The highest BCUT2D eigenvalue weighted by atomic mass is 32.2. The number of carbonyl (C=O) groups excluding carboxylic acids is 3. The minimum atomic E-state index is -1.22. The first-order chi connectivity index (χ1) is 19.2. The van der Waals surface area contributed by atoms with E-state index in [1.807, 2.05) is 0 Å². The van der Waals surface area contributed by atoms with E-state index in [0.29, 0.717) is 11.5 Å². The number of aromatic nitrogens is 1. The van der Waals surface area contributed by atoms with Crippen LogP contribution in [-0.2, 0) is 20.8 Å². The summed E-state index contributed by atoms with van der Waals surface area (Å²) in [6.45, 7) is 1.73. The van der Waals surface area contributed by atoms with Crippen LogP contribution >= 0.6 is 11.8 Å². The molecular formula is C29H32FN3O6S. The quantitative estimate of drug-likeness (QED) is 0.286. The number of halogens is 1. The molecule has 1 aliphatic rings. The SMILES string of the molecule is Cc1cc(CC(=O)CSCC(=O)N(c2ccc(F)cc2)C(C(=O)NC2CCCCC2)c2ccc(O)c(O)c2)no1. The maximum atomic E-state index is 13.8. The average molecular weight is 570 g/mol. The van der Waals surface area contributed by atoms with E-state index >= 15 is 0 Å². The summed E-state index contributed by atoms with van der Waals surface area (Å²) in [5.41, 5.74) is 1.05. The van der Waals surface area contributed by atoms with Crippen LogP contribution in [0.3, 0.4) is 0 Å². The number of hydrogen-bond acceptors (Lipinski definition) is 8. The zero-order valence-corrected chi connectivity index (χ0v) is 23.0.